The first-order valence-corrected chi connectivity index (χ1v) is 6.41. The quantitative estimate of drug-likeness (QED) is 0.455. The summed E-state index contributed by atoms with van der Waals surface area (Å²) in [7, 11) is 0. The number of carbonyl (C=O) groups is 1. The molecule has 14 heavy (non-hydrogen) atoms. The Morgan fingerprint density at radius 2 is 2.14 bits per heavy atom. The van der Waals surface area contributed by atoms with Crippen LogP contribution in [0.5, 0.6) is 0 Å². The van der Waals surface area contributed by atoms with Gasteiger partial charge in [-0.15, -0.1) is 0 Å². The summed E-state index contributed by atoms with van der Waals surface area (Å²) in [5.41, 5.74) is 0.0117. The Labute approximate surface area is 99.9 Å². The van der Waals surface area contributed by atoms with E-state index in [1.807, 2.05) is 0 Å². The summed E-state index contributed by atoms with van der Waals surface area (Å²) in [5, 5.41) is 0. The van der Waals surface area contributed by atoms with Gasteiger partial charge < -0.3 is 4.74 Å². The van der Waals surface area contributed by atoms with Gasteiger partial charge in [-0.3, -0.25) is 4.79 Å². The molecular formula is C11H19IO2. The lowest BCUT2D eigenvalue weighted by atomic mass is 9.82. The number of ether oxygens (including phenoxy) is 1. The van der Waals surface area contributed by atoms with Gasteiger partial charge in [-0.1, -0.05) is 50.3 Å². The van der Waals surface area contributed by atoms with Crippen molar-refractivity contribution in [2.45, 2.75) is 50.6 Å². The van der Waals surface area contributed by atoms with Crippen molar-refractivity contribution in [2.24, 2.45) is 11.3 Å². The highest BCUT2D eigenvalue weighted by atomic mass is 127. The monoisotopic (exact) mass is 310 g/mol. The first-order valence-electron chi connectivity index (χ1n) is 5.16. The van der Waals surface area contributed by atoms with Gasteiger partial charge in [-0.2, -0.15) is 0 Å². The van der Waals surface area contributed by atoms with Crippen LogP contribution >= 0.6 is 22.6 Å². The minimum Gasteiger partial charge on any atom is -0.461 e. The van der Waals surface area contributed by atoms with E-state index in [0.717, 1.165) is 6.42 Å². The van der Waals surface area contributed by atoms with Crippen molar-refractivity contribution in [3.63, 3.8) is 0 Å². The fraction of sp³-hybridized carbons (Fsp3) is 0.909. The Kier molecular flexibility index (Phi) is 3.83. The third-order valence-electron chi connectivity index (χ3n) is 2.65. The van der Waals surface area contributed by atoms with E-state index in [-0.39, 0.29) is 17.5 Å². The Bertz CT molecular complexity index is 223. The van der Waals surface area contributed by atoms with Crippen molar-refractivity contribution in [2.75, 3.05) is 0 Å². The molecule has 0 radical (unpaired) electrons. The summed E-state index contributed by atoms with van der Waals surface area (Å²) >= 11 is 2.42. The van der Waals surface area contributed by atoms with Crippen LogP contribution < -0.4 is 0 Å². The molecule has 0 aromatic heterocycles. The van der Waals surface area contributed by atoms with E-state index in [1.54, 1.807) is 0 Å². The standard InChI is InChI=1S/C11H19IO2/c1-7(2)5-8(12)10-11(3,4)6-9(13)14-10/h7-8,10H,5-6H2,1-4H3. The normalized spacial score (nSPS) is 27.9. The number of rotatable bonds is 3. The van der Waals surface area contributed by atoms with Crippen LogP contribution in [0.1, 0.15) is 40.5 Å². The van der Waals surface area contributed by atoms with Gasteiger partial charge in [0.25, 0.3) is 0 Å². The number of hydrogen-bond acceptors (Lipinski definition) is 2. The van der Waals surface area contributed by atoms with Crippen LogP contribution in [-0.2, 0) is 9.53 Å². The lowest BCUT2D eigenvalue weighted by Gasteiger charge is -2.28. The average molecular weight is 310 g/mol. The zero-order valence-corrected chi connectivity index (χ0v) is 11.5. The number of halogens is 1. The molecule has 1 heterocycles. The van der Waals surface area contributed by atoms with E-state index in [9.17, 15) is 4.79 Å². The molecule has 0 saturated carbocycles. The zero-order chi connectivity index (χ0) is 10.9. The summed E-state index contributed by atoms with van der Waals surface area (Å²) in [6.45, 7) is 8.65. The van der Waals surface area contributed by atoms with E-state index >= 15 is 0 Å². The predicted molar refractivity (Wildman–Crippen MR) is 65.5 cm³/mol. The van der Waals surface area contributed by atoms with Crippen LogP contribution in [0, 0.1) is 11.3 Å². The maximum atomic E-state index is 11.2. The van der Waals surface area contributed by atoms with Crippen molar-refractivity contribution in [3.8, 4) is 0 Å². The Morgan fingerprint density at radius 3 is 2.50 bits per heavy atom. The number of hydrogen-bond donors (Lipinski definition) is 0. The molecule has 3 heteroatoms. The van der Waals surface area contributed by atoms with E-state index in [1.165, 1.54) is 0 Å². The van der Waals surface area contributed by atoms with Gasteiger partial charge in [-0.05, 0) is 12.3 Å². The third kappa shape index (κ3) is 2.84. The van der Waals surface area contributed by atoms with Crippen molar-refractivity contribution >= 4 is 28.6 Å². The summed E-state index contributed by atoms with van der Waals surface area (Å²) in [6.07, 6.45) is 1.77. The number of alkyl halides is 1. The second-order valence-electron chi connectivity index (χ2n) is 5.22. The predicted octanol–water partition coefficient (Wildman–Crippen LogP) is 3.18. The summed E-state index contributed by atoms with van der Waals surface area (Å²) in [5.74, 6) is 0.623. The molecule has 0 spiro atoms. The van der Waals surface area contributed by atoms with Crippen LogP contribution in [0.4, 0.5) is 0 Å². The van der Waals surface area contributed by atoms with Gasteiger partial charge in [0.15, 0.2) is 0 Å². The molecular weight excluding hydrogens is 291 g/mol. The molecule has 1 saturated heterocycles. The number of esters is 1. The fourth-order valence-corrected chi connectivity index (χ4v) is 4.09. The van der Waals surface area contributed by atoms with Crippen LogP contribution in [0.15, 0.2) is 0 Å². The van der Waals surface area contributed by atoms with E-state index in [2.05, 4.69) is 50.3 Å². The smallest absolute Gasteiger partial charge is 0.306 e. The lowest BCUT2D eigenvalue weighted by Crippen LogP contribution is -2.33. The first-order chi connectivity index (χ1) is 6.33. The second kappa shape index (κ2) is 4.37. The van der Waals surface area contributed by atoms with Gasteiger partial charge >= 0.3 is 5.97 Å². The van der Waals surface area contributed by atoms with E-state index < -0.39 is 0 Å². The molecule has 0 aromatic rings. The summed E-state index contributed by atoms with van der Waals surface area (Å²) in [4.78, 5) is 11.2. The van der Waals surface area contributed by atoms with Gasteiger partial charge in [0.05, 0.1) is 6.42 Å². The third-order valence-corrected chi connectivity index (χ3v) is 3.82. The molecule has 1 fully saturated rings. The second-order valence-corrected chi connectivity index (χ2v) is 6.82. The minimum atomic E-state index is -0.0366. The molecule has 0 amide bonds. The molecule has 1 aliphatic heterocycles. The highest BCUT2D eigenvalue weighted by Crippen LogP contribution is 2.40. The molecule has 2 atom stereocenters. The first kappa shape index (κ1) is 12.3. The molecule has 82 valence electrons. The highest BCUT2D eigenvalue weighted by molar-refractivity contribution is 14.1. The van der Waals surface area contributed by atoms with Crippen LogP contribution in [-0.4, -0.2) is 16.0 Å². The van der Waals surface area contributed by atoms with E-state index in [0.29, 0.717) is 16.3 Å². The molecule has 1 aliphatic rings. The van der Waals surface area contributed by atoms with Crippen molar-refractivity contribution in [1.82, 2.24) is 0 Å². The van der Waals surface area contributed by atoms with Gasteiger partial charge in [0.1, 0.15) is 6.10 Å². The van der Waals surface area contributed by atoms with Crippen LogP contribution in [0.3, 0.4) is 0 Å². The molecule has 0 bridgehead atoms. The van der Waals surface area contributed by atoms with Crippen molar-refractivity contribution < 1.29 is 9.53 Å². The van der Waals surface area contributed by atoms with Crippen LogP contribution in [0.25, 0.3) is 0 Å². The van der Waals surface area contributed by atoms with E-state index in [4.69, 9.17) is 4.74 Å². The maximum absolute atomic E-state index is 11.2. The average Bonchev–Trinajstić information content (AvgIpc) is 2.22. The SMILES string of the molecule is CC(C)CC(I)C1OC(=O)CC1(C)C. The Hall–Kier alpha value is 0.200. The van der Waals surface area contributed by atoms with Gasteiger partial charge in [0.2, 0.25) is 0 Å². The zero-order valence-electron chi connectivity index (χ0n) is 9.34. The van der Waals surface area contributed by atoms with Gasteiger partial charge in [0, 0.05) is 9.34 Å². The number of cyclic esters (lactones) is 1. The highest BCUT2D eigenvalue weighted by Gasteiger charge is 2.45. The Morgan fingerprint density at radius 1 is 1.57 bits per heavy atom. The topological polar surface area (TPSA) is 26.3 Å². The summed E-state index contributed by atoms with van der Waals surface area (Å²) < 4.78 is 5.83. The molecule has 0 aliphatic carbocycles. The largest absolute Gasteiger partial charge is 0.461 e. The summed E-state index contributed by atoms with van der Waals surface area (Å²) in [6, 6.07) is 0. The maximum Gasteiger partial charge on any atom is 0.306 e. The van der Waals surface area contributed by atoms with Gasteiger partial charge in [-0.25, -0.2) is 0 Å². The molecule has 0 N–H and O–H groups in total. The number of carbonyl (C=O) groups excluding carboxylic acids is 1. The van der Waals surface area contributed by atoms with Crippen molar-refractivity contribution in [1.29, 1.82) is 0 Å². The lowest BCUT2D eigenvalue weighted by molar-refractivity contribution is -0.141. The van der Waals surface area contributed by atoms with Crippen LogP contribution in [0.2, 0.25) is 0 Å². The molecule has 1 rings (SSSR count). The Balaban J connectivity index is 2.63. The molecule has 2 nitrogen and oxygen atoms in total. The fourth-order valence-electron chi connectivity index (χ4n) is 1.95. The van der Waals surface area contributed by atoms with Crippen molar-refractivity contribution in [3.05, 3.63) is 0 Å². The molecule has 2 unspecified atom stereocenters. The molecule has 0 aromatic carbocycles. The minimum absolute atomic E-state index is 0.0117.